The molecule has 2 aromatic carbocycles. The van der Waals surface area contributed by atoms with E-state index in [0.717, 1.165) is 11.1 Å². The molecule has 0 saturated carbocycles. The van der Waals surface area contributed by atoms with Gasteiger partial charge in [-0.1, -0.05) is 36.4 Å². The molecule has 0 fully saturated rings. The molecule has 3 aromatic rings. The molecule has 8 heteroatoms. The Morgan fingerprint density at radius 1 is 1.06 bits per heavy atom. The highest BCUT2D eigenvalue weighted by molar-refractivity contribution is 7.89. The Balaban J connectivity index is 1.70. The normalized spacial score (nSPS) is 19.8. The van der Waals surface area contributed by atoms with Crippen molar-refractivity contribution in [1.82, 2.24) is 9.29 Å². The lowest BCUT2D eigenvalue weighted by Crippen LogP contribution is -2.48. The van der Waals surface area contributed by atoms with Gasteiger partial charge in [-0.25, -0.2) is 13.2 Å². The fourth-order valence-corrected chi connectivity index (χ4v) is 5.80. The summed E-state index contributed by atoms with van der Waals surface area (Å²) in [5.74, 6) is -0.411. The third-order valence-corrected chi connectivity index (χ3v) is 7.47. The van der Waals surface area contributed by atoms with E-state index in [1.54, 1.807) is 73.9 Å². The maximum atomic E-state index is 13.5. The highest BCUT2D eigenvalue weighted by atomic mass is 32.2. The third-order valence-electron chi connectivity index (χ3n) is 5.53. The molecule has 0 saturated heterocycles. The molecule has 166 valence electrons. The molecule has 0 spiro atoms. The van der Waals surface area contributed by atoms with Gasteiger partial charge in [0.25, 0.3) is 0 Å². The molecular weight excluding hydrogens is 428 g/mol. The van der Waals surface area contributed by atoms with Gasteiger partial charge in [0.05, 0.1) is 29.2 Å². The lowest BCUT2D eigenvalue weighted by molar-refractivity contribution is 0.0526. The zero-order valence-electron chi connectivity index (χ0n) is 17.6. The van der Waals surface area contributed by atoms with Gasteiger partial charge in [-0.05, 0) is 48.7 Å². The Bertz CT molecular complexity index is 1200. The number of aromatic nitrogens is 1. The van der Waals surface area contributed by atoms with E-state index in [1.807, 2.05) is 0 Å². The van der Waals surface area contributed by atoms with Crippen LogP contribution in [0.2, 0.25) is 0 Å². The van der Waals surface area contributed by atoms with Gasteiger partial charge in [-0.3, -0.25) is 4.98 Å². The summed E-state index contributed by atoms with van der Waals surface area (Å²) in [5, 5.41) is 11.2. The molecular formula is C24H24N2O5S. The topological polar surface area (TPSA) is 96.8 Å². The summed E-state index contributed by atoms with van der Waals surface area (Å²) in [7, 11) is -3.84. The molecule has 0 amide bonds. The third kappa shape index (κ3) is 4.29. The van der Waals surface area contributed by atoms with Crippen molar-refractivity contribution < 1.29 is 23.1 Å². The van der Waals surface area contributed by atoms with Crippen molar-refractivity contribution in [1.29, 1.82) is 0 Å². The second-order valence-electron chi connectivity index (χ2n) is 7.58. The summed E-state index contributed by atoms with van der Waals surface area (Å²) in [5.41, 5.74) is 2.34. The minimum Gasteiger partial charge on any atom is -0.462 e. The predicted molar refractivity (Wildman–Crippen MR) is 118 cm³/mol. The Labute approximate surface area is 187 Å². The zero-order valence-corrected chi connectivity index (χ0v) is 18.4. The number of aliphatic hydroxyl groups excluding tert-OH is 1. The molecule has 1 N–H and O–H groups in total. The number of esters is 1. The minimum absolute atomic E-state index is 0.0904. The van der Waals surface area contributed by atoms with Crippen LogP contribution in [0.3, 0.4) is 0 Å². The SMILES string of the molecule is CCOC(=O)c1ccc(C[C@H]2[C@@H](O)c3ccccc3S(=O)(=O)N2Cc2cccnc2)cc1. The van der Waals surface area contributed by atoms with Gasteiger partial charge >= 0.3 is 5.97 Å². The summed E-state index contributed by atoms with van der Waals surface area (Å²) < 4.78 is 33.4. The van der Waals surface area contributed by atoms with Crippen LogP contribution >= 0.6 is 0 Å². The minimum atomic E-state index is -3.84. The molecule has 0 bridgehead atoms. The predicted octanol–water partition coefficient (Wildman–Crippen LogP) is 3.11. The van der Waals surface area contributed by atoms with E-state index >= 15 is 0 Å². The van der Waals surface area contributed by atoms with Gasteiger partial charge in [-0.2, -0.15) is 4.31 Å². The maximum absolute atomic E-state index is 13.5. The van der Waals surface area contributed by atoms with E-state index in [0.29, 0.717) is 11.1 Å². The van der Waals surface area contributed by atoms with E-state index in [4.69, 9.17) is 4.74 Å². The van der Waals surface area contributed by atoms with Crippen molar-refractivity contribution >= 4 is 16.0 Å². The van der Waals surface area contributed by atoms with Gasteiger partial charge < -0.3 is 9.84 Å². The van der Waals surface area contributed by atoms with Crippen LogP contribution in [0, 0.1) is 0 Å². The van der Waals surface area contributed by atoms with Crippen molar-refractivity contribution in [3.8, 4) is 0 Å². The van der Waals surface area contributed by atoms with E-state index in [1.165, 1.54) is 10.4 Å². The van der Waals surface area contributed by atoms with E-state index in [-0.39, 0.29) is 24.5 Å². The second kappa shape index (κ2) is 9.20. The number of ether oxygens (including phenoxy) is 1. The first-order valence-electron chi connectivity index (χ1n) is 10.4. The van der Waals surface area contributed by atoms with Crippen LogP contribution in [0.15, 0.2) is 78.0 Å². The van der Waals surface area contributed by atoms with E-state index in [2.05, 4.69) is 4.98 Å². The number of hydrogen-bond donors (Lipinski definition) is 1. The van der Waals surface area contributed by atoms with Crippen LogP contribution < -0.4 is 0 Å². The number of fused-ring (bicyclic) bond motifs is 1. The monoisotopic (exact) mass is 452 g/mol. The number of carbonyl (C=O) groups is 1. The standard InChI is InChI=1S/C24H24N2O5S/c1-2-31-24(28)19-11-9-17(10-12-19)14-21-23(27)20-7-3-4-8-22(20)32(29,30)26(21)16-18-6-5-13-25-15-18/h3-13,15,21,23,27H,2,14,16H2,1H3/t21-,23-/m0/s1. The fraction of sp³-hybridized carbons (Fsp3) is 0.250. The largest absolute Gasteiger partial charge is 0.462 e. The average Bonchev–Trinajstić information content (AvgIpc) is 2.81. The summed E-state index contributed by atoms with van der Waals surface area (Å²) in [6.07, 6.45) is 2.52. The van der Waals surface area contributed by atoms with Crippen LogP contribution in [0.5, 0.6) is 0 Å². The van der Waals surface area contributed by atoms with Crippen molar-refractivity contribution in [2.45, 2.75) is 36.9 Å². The van der Waals surface area contributed by atoms with Crippen molar-refractivity contribution in [2.75, 3.05) is 6.61 Å². The van der Waals surface area contributed by atoms with Crippen molar-refractivity contribution in [3.63, 3.8) is 0 Å². The molecule has 0 radical (unpaired) electrons. The second-order valence-corrected chi connectivity index (χ2v) is 9.44. The number of carbonyl (C=O) groups excluding carboxylic acids is 1. The van der Waals surface area contributed by atoms with Crippen LogP contribution in [0.1, 0.15) is 40.1 Å². The first-order chi connectivity index (χ1) is 15.4. The number of aliphatic hydroxyl groups is 1. The summed E-state index contributed by atoms with van der Waals surface area (Å²) in [4.78, 5) is 16.1. The fourth-order valence-electron chi connectivity index (χ4n) is 3.95. The Kier molecular flexibility index (Phi) is 6.36. The van der Waals surface area contributed by atoms with E-state index < -0.39 is 28.1 Å². The molecule has 4 rings (SSSR count). The van der Waals surface area contributed by atoms with Gasteiger partial charge in [0.1, 0.15) is 0 Å². The van der Waals surface area contributed by atoms with Crippen molar-refractivity contribution in [3.05, 3.63) is 95.3 Å². The number of rotatable bonds is 6. The average molecular weight is 453 g/mol. The number of nitrogens with zero attached hydrogens (tertiary/aromatic N) is 2. The summed E-state index contributed by atoms with van der Waals surface area (Å²) in [6, 6.07) is 16.2. The zero-order chi connectivity index (χ0) is 22.7. The van der Waals surface area contributed by atoms with Gasteiger partial charge in [0.2, 0.25) is 10.0 Å². The highest BCUT2D eigenvalue weighted by Gasteiger charge is 2.43. The number of hydrogen-bond acceptors (Lipinski definition) is 6. The first kappa shape index (κ1) is 22.1. The molecule has 1 aromatic heterocycles. The summed E-state index contributed by atoms with van der Waals surface area (Å²) in [6.45, 7) is 2.12. The van der Waals surface area contributed by atoms with Gasteiger partial charge in [-0.15, -0.1) is 0 Å². The van der Waals surface area contributed by atoms with Crippen LogP contribution in [0.4, 0.5) is 0 Å². The van der Waals surface area contributed by atoms with Gasteiger partial charge in [0, 0.05) is 24.5 Å². The summed E-state index contributed by atoms with van der Waals surface area (Å²) >= 11 is 0. The van der Waals surface area contributed by atoms with Gasteiger partial charge in [0.15, 0.2) is 0 Å². The lowest BCUT2D eigenvalue weighted by atomic mass is 9.95. The maximum Gasteiger partial charge on any atom is 0.338 e. The van der Waals surface area contributed by atoms with Crippen molar-refractivity contribution in [2.24, 2.45) is 0 Å². The molecule has 1 aliphatic rings. The Morgan fingerprint density at radius 3 is 2.50 bits per heavy atom. The number of benzene rings is 2. The highest BCUT2D eigenvalue weighted by Crippen LogP contribution is 2.38. The molecule has 1 aliphatic heterocycles. The van der Waals surface area contributed by atoms with E-state index in [9.17, 15) is 18.3 Å². The van der Waals surface area contributed by atoms with Crippen LogP contribution in [0.25, 0.3) is 0 Å². The molecule has 2 atom stereocenters. The number of sulfonamides is 1. The lowest BCUT2D eigenvalue weighted by Gasteiger charge is -2.39. The Morgan fingerprint density at radius 2 is 1.81 bits per heavy atom. The Hall–Kier alpha value is -3.07. The van der Waals surface area contributed by atoms with Crippen LogP contribution in [-0.2, 0) is 27.7 Å². The number of pyridine rings is 1. The van der Waals surface area contributed by atoms with Crippen LogP contribution in [-0.4, -0.2) is 41.4 Å². The molecule has 0 aliphatic carbocycles. The quantitative estimate of drug-likeness (QED) is 0.578. The molecule has 7 nitrogen and oxygen atoms in total. The molecule has 0 unspecified atom stereocenters. The smallest absolute Gasteiger partial charge is 0.338 e. The molecule has 2 heterocycles. The molecule has 32 heavy (non-hydrogen) atoms. The first-order valence-corrected chi connectivity index (χ1v) is 11.8.